The van der Waals surface area contributed by atoms with Crippen molar-refractivity contribution in [3.05, 3.63) is 323 Å². The molecule has 0 bridgehead atoms. The van der Waals surface area contributed by atoms with Crippen molar-refractivity contribution >= 4 is 51.1 Å². The summed E-state index contributed by atoms with van der Waals surface area (Å²) in [6, 6.07) is 53.8. The molecule has 8 aliphatic carbocycles. The van der Waals surface area contributed by atoms with Crippen molar-refractivity contribution in [2.45, 2.75) is 146 Å². The van der Waals surface area contributed by atoms with Crippen LogP contribution in [0.25, 0.3) is 28.4 Å². The van der Waals surface area contributed by atoms with Gasteiger partial charge in [-0.1, -0.05) is 184 Å². The van der Waals surface area contributed by atoms with E-state index in [4.69, 9.17) is 9.47 Å². The van der Waals surface area contributed by atoms with E-state index in [0.717, 1.165) is 118 Å². The van der Waals surface area contributed by atoms with E-state index in [1.165, 1.54) is 109 Å². The van der Waals surface area contributed by atoms with Gasteiger partial charge in [0.15, 0.2) is 0 Å². The molecule has 16 rings (SSSR count). The van der Waals surface area contributed by atoms with Gasteiger partial charge in [-0.25, -0.2) is 0 Å². The van der Waals surface area contributed by atoms with E-state index in [0.29, 0.717) is 17.8 Å². The first-order valence-electron chi connectivity index (χ1n) is 35.6. The van der Waals surface area contributed by atoms with E-state index >= 15 is 0 Å². The number of ether oxygens (including phenoxy) is 2. The van der Waals surface area contributed by atoms with E-state index in [1.807, 2.05) is 6.08 Å². The first kappa shape index (κ1) is 59.9. The largest absolute Gasteiger partial charge is 0.490 e. The molecule has 94 heavy (non-hydrogen) atoms. The Kier molecular flexibility index (Phi) is 16.6. The van der Waals surface area contributed by atoms with Crippen LogP contribution in [-0.2, 0) is 10.2 Å². The second-order valence-corrected chi connectivity index (χ2v) is 27.9. The Hall–Kier alpha value is -9.12. The number of nitrogens with zero attached hydrogens (tertiary/aromatic N) is 2. The minimum absolute atomic E-state index is 0.0594. The number of unbranched alkanes of at least 4 members (excludes halogenated alkanes) is 1. The zero-order valence-electron chi connectivity index (χ0n) is 54.8. The molecule has 1 fully saturated rings. The van der Waals surface area contributed by atoms with Gasteiger partial charge in [0.05, 0.1) is 12.1 Å². The Morgan fingerprint density at radius 3 is 2.26 bits per heavy atom. The molecule has 6 aromatic rings. The molecule has 6 aromatic carbocycles. The Morgan fingerprint density at radius 2 is 1.49 bits per heavy atom. The molecule has 470 valence electrons. The minimum Gasteiger partial charge on any atom is -0.490 e. The van der Waals surface area contributed by atoms with Crippen molar-refractivity contribution < 1.29 is 9.47 Å². The molecule has 1 saturated heterocycles. The molecule has 0 spiro atoms. The van der Waals surface area contributed by atoms with Crippen LogP contribution in [0.3, 0.4) is 0 Å². The van der Waals surface area contributed by atoms with Crippen molar-refractivity contribution in [2.75, 3.05) is 9.80 Å². The Labute approximate surface area is 558 Å². The maximum Gasteiger partial charge on any atom is 0.124 e. The molecular formula is C90H88N2O2. The summed E-state index contributed by atoms with van der Waals surface area (Å²) in [5, 5.41) is 0. The summed E-state index contributed by atoms with van der Waals surface area (Å²) in [6.45, 7) is 10.3. The van der Waals surface area contributed by atoms with Crippen LogP contribution in [0.4, 0.5) is 22.7 Å². The topological polar surface area (TPSA) is 24.9 Å². The molecule has 7 unspecified atom stereocenters. The summed E-state index contributed by atoms with van der Waals surface area (Å²) in [5.41, 5.74) is 26.5. The van der Waals surface area contributed by atoms with Gasteiger partial charge < -0.3 is 19.3 Å². The normalized spacial score (nSPS) is 24.7. The van der Waals surface area contributed by atoms with Crippen LogP contribution in [0, 0.1) is 17.8 Å². The van der Waals surface area contributed by atoms with Gasteiger partial charge in [-0.05, 0) is 271 Å². The minimum atomic E-state index is -0.302. The highest BCUT2D eigenvalue weighted by Gasteiger charge is 2.47. The lowest BCUT2D eigenvalue weighted by atomic mass is 9.67. The third-order valence-electron chi connectivity index (χ3n) is 22.6. The molecular weight excluding hydrogens is 1140 g/mol. The molecule has 0 amide bonds. The molecule has 2 aliphatic heterocycles. The van der Waals surface area contributed by atoms with Gasteiger partial charge in [-0.2, -0.15) is 0 Å². The number of rotatable bonds is 19. The number of hydrogen-bond donors (Lipinski definition) is 0. The summed E-state index contributed by atoms with van der Waals surface area (Å²) >= 11 is 0. The second-order valence-electron chi connectivity index (χ2n) is 27.9. The molecule has 0 aromatic heterocycles. The third kappa shape index (κ3) is 11.2. The van der Waals surface area contributed by atoms with Gasteiger partial charge in [0.1, 0.15) is 17.6 Å². The molecule has 0 saturated carbocycles. The Balaban J connectivity index is 0.739. The standard InChI is InChI=1S/C90H88N2O2/c1-4-61-28-32-64(33-29-61)66-36-47-74(48-37-66)92-86-54-41-68(57-82(86)83-58-69(42-55-87(83)92)70-40-52-81-80-25-14-16-27-88(80)94-89(81)59-70)67-38-45-73(46-39-67)91(72-43-34-65(35-44-72)63-19-9-7-10-20-63)75-49-53-79-78-24-13-15-26-84(78)90(85(79)60-75,71-21-11-8-12-22-71)56-18-17-23-76(6-3)93-77-50-30-62(5-2)31-51-77/h4-5,8,11-12,14-16,19,21-22,26-27,30-32,34-36,38-47,49-55,57-61,76,80-82,86,89H,1-2,6-7,9-10,13,17-18,20,23-25,28-29,33,37,48,56H2,3H3/t61-,76?,80?,81?,82?,86?,89?,90?/m0/s1. The highest BCUT2D eigenvalue weighted by atomic mass is 16.5. The molecule has 10 aliphatic rings. The number of anilines is 4. The van der Waals surface area contributed by atoms with Crippen molar-refractivity contribution in [1.82, 2.24) is 0 Å². The summed E-state index contributed by atoms with van der Waals surface area (Å²) in [6.07, 6.45) is 59.0. The highest BCUT2D eigenvalue weighted by Crippen LogP contribution is 2.58. The van der Waals surface area contributed by atoms with Crippen LogP contribution in [0.5, 0.6) is 5.75 Å². The maximum atomic E-state index is 6.65. The average molecular weight is 1230 g/mol. The summed E-state index contributed by atoms with van der Waals surface area (Å²) in [5.74, 6) is 3.65. The first-order valence-corrected chi connectivity index (χ1v) is 35.6. The van der Waals surface area contributed by atoms with Crippen LogP contribution in [0.1, 0.15) is 167 Å². The number of fused-ring (bicyclic) bond motifs is 8. The van der Waals surface area contributed by atoms with Gasteiger partial charge >= 0.3 is 0 Å². The fraction of sp³-hybridized carbons (Fsp3) is 0.289. The van der Waals surface area contributed by atoms with Crippen molar-refractivity contribution in [2.24, 2.45) is 17.8 Å². The lowest BCUT2D eigenvalue weighted by Gasteiger charge is -2.36. The predicted octanol–water partition coefficient (Wildman–Crippen LogP) is 23.4. The highest BCUT2D eigenvalue weighted by molar-refractivity contribution is 5.90. The fourth-order valence-electron chi connectivity index (χ4n) is 17.5. The predicted molar refractivity (Wildman–Crippen MR) is 394 cm³/mol. The fourth-order valence-corrected chi connectivity index (χ4v) is 17.5. The van der Waals surface area contributed by atoms with Crippen LogP contribution in [-0.4, -0.2) is 18.2 Å². The van der Waals surface area contributed by atoms with Crippen LogP contribution < -0.4 is 14.5 Å². The van der Waals surface area contributed by atoms with Gasteiger partial charge in [-0.3, -0.25) is 0 Å². The maximum absolute atomic E-state index is 6.65. The number of hydrogen-bond acceptors (Lipinski definition) is 4. The third-order valence-corrected chi connectivity index (χ3v) is 22.6. The smallest absolute Gasteiger partial charge is 0.124 e. The molecule has 2 heterocycles. The zero-order valence-corrected chi connectivity index (χ0v) is 54.8. The lowest BCUT2D eigenvalue weighted by molar-refractivity contribution is 0.182. The van der Waals surface area contributed by atoms with Crippen LogP contribution >= 0.6 is 0 Å². The van der Waals surface area contributed by atoms with E-state index in [-0.39, 0.29) is 29.6 Å². The lowest BCUT2D eigenvalue weighted by Crippen LogP contribution is -2.33. The van der Waals surface area contributed by atoms with Crippen LogP contribution in [0.15, 0.2) is 278 Å². The number of benzene rings is 6. The SMILES string of the molecule is C=Cc1ccc(OC(CC)CCCCC2(c3ccccc3)C3=C(CCC=C3)c3ccc(N(c4ccc(C5=CC6c7cc(C8=CC9OC%10=CC=CCC%10C9C=C8)ccc7N(C7=CC=C(C8=CC[C@H](C=C)CC8)CC7)C6C=C5)cc4)c4ccc(C5=CCCCC5)cc4)cc32)cc1. The quantitative estimate of drug-likeness (QED) is 0.0596. The second kappa shape index (κ2) is 26.0. The first-order chi connectivity index (χ1) is 46.4. The Morgan fingerprint density at radius 1 is 0.681 bits per heavy atom. The monoisotopic (exact) mass is 1230 g/mol. The van der Waals surface area contributed by atoms with Crippen molar-refractivity contribution in [3.8, 4) is 5.75 Å². The van der Waals surface area contributed by atoms with Gasteiger partial charge in [0.2, 0.25) is 0 Å². The van der Waals surface area contributed by atoms with Crippen molar-refractivity contribution in [1.29, 1.82) is 0 Å². The molecule has 8 atom stereocenters. The van der Waals surface area contributed by atoms with E-state index in [9.17, 15) is 0 Å². The Bertz CT molecular complexity index is 4320. The molecule has 0 N–H and O–H groups in total. The molecule has 0 radical (unpaired) electrons. The van der Waals surface area contributed by atoms with Crippen LogP contribution in [0.2, 0.25) is 0 Å². The summed E-state index contributed by atoms with van der Waals surface area (Å²) in [7, 11) is 0. The molecule has 4 nitrogen and oxygen atoms in total. The van der Waals surface area contributed by atoms with E-state index in [1.54, 1.807) is 5.57 Å². The van der Waals surface area contributed by atoms with Gasteiger partial charge in [0.25, 0.3) is 0 Å². The average Bonchev–Trinajstić information content (AvgIpc) is 1.53. The summed E-state index contributed by atoms with van der Waals surface area (Å²) < 4.78 is 13.3. The van der Waals surface area contributed by atoms with Gasteiger partial charge in [-0.15, -0.1) is 6.58 Å². The summed E-state index contributed by atoms with van der Waals surface area (Å²) in [4.78, 5) is 5.21. The molecule has 4 heteroatoms. The van der Waals surface area contributed by atoms with E-state index < -0.39 is 0 Å². The van der Waals surface area contributed by atoms with E-state index in [2.05, 4.69) is 267 Å². The van der Waals surface area contributed by atoms with Crippen molar-refractivity contribution in [3.63, 3.8) is 0 Å². The van der Waals surface area contributed by atoms with Gasteiger partial charge in [0, 0.05) is 51.6 Å². The zero-order chi connectivity index (χ0) is 63.1. The number of allylic oxidation sites excluding steroid dienone is 21.